The van der Waals surface area contributed by atoms with E-state index in [1.165, 1.54) is 0 Å². The molecule has 0 bridgehead atoms. The molecule has 1 N–H and O–H groups in total. The van der Waals surface area contributed by atoms with Crippen LogP contribution in [0.3, 0.4) is 0 Å². The molecule has 0 spiro atoms. The smallest absolute Gasteiger partial charge is 0.120 e. The predicted molar refractivity (Wildman–Crippen MR) is 114 cm³/mol. The molecule has 4 nitrogen and oxygen atoms in total. The van der Waals surface area contributed by atoms with Gasteiger partial charge in [0, 0.05) is 47.4 Å². The second kappa shape index (κ2) is 10.2. The Morgan fingerprint density at radius 2 is 1.96 bits per heavy atom. The van der Waals surface area contributed by atoms with Crippen LogP contribution < -0.4 is 10.1 Å². The minimum absolute atomic E-state index is 0.372. The van der Waals surface area contributed by atoms with Gasteiger partial charge in [-0.15, -0.1) is 0 Å². The lowest BCUT2D eigenvalue weighted by Crippen LogP contribution is -2.41. The molecule has 1 aliphatic heterocycles. The molecule has 0 saturated carbocycles. The van der Waals surface area contributed by atoms with Gasteiger partial charge in [-0.1, -0.05) is 53.6 Å². The summed E-state index contributed by atoms with van der Waals surface area (Å²) in [7, 11) is 0. The molecule has 2 aromatic carbocycles. The van der Waals surface area contributed by atoms with E-state index in [-0.39, 0.29) is 0 Å². The van der Waals surface area contributed by atoms with Gasteiger partial charge < -0.3 is 14.8 Å². The first-order chi connectivity index (χ1) is 13.1. The summed E-state index contributed by atoms with van der Waals surface area (Å²) in [6, 6.07) is 13.1. The molecule has 2 aromatic rings. The van der Waals surface area contributed by atoms with Crippen molar-refractivity contribution < 1.29 is 9.47 Å². The Morgan fingerprint density at radius 1 is 1.15 bits per heavy atom. The molecule has 0 atom stereocenters. The van der Waals surface area contributed by atoms with Crippen LogP contribution in [0.4, 0.5) is 0 Å². The molecule has 0 amide bonds. The molecule has 0 radical (unpaired) electrons. The van der Waals surface area contributed by atoms with Crippen LogP contribution in [-0.4, -0.2) is 49.3 Å². The first-order valence-corrected chi connectivity index (χ1v) is 10.0. The Morgan fingerprint density at radius 3 is 2.74 bits per heavy atom. The van der Waals surface area contributed by atoms with Gasteiger partial charge in [0.15, 0.2) is 0 Å². The zero-order valence-electron chi connectivity index (χ0n) is 14.9. The van der Waals surface area contributed by atoms with Gasteiger partial charge in [-0.05, 0) is 24.3 Å². The highest BCUT2D eigenvalue weighted by molar-refractivity contribution is 7.80. The van der Waals surface area contributed by atoms with Crippen molar-refractivity contribution in [2.75, 3.05) is 39.4 Å². The third-order valence-electron chi connectivity index (χ3n) is 4.32. The zero-order chi connectivity index (χ0) is 19.1. The van der Waals surface area contributed by atoms with Gasteiger partial charge in [0.05, 0.1) is 13.2 Å². The van der Waals surface area contributed by atoms with Crippen LogP contribution in [0.25, 0.3) is 0 Å². The lowest BCUT2D eigenvalue weighted by atomic mass is 10.2. The number of thiocarbonyl (C=S) groups is 1. The number of morpholine rings is 1. The Balaban J connectivity index is 1.50. The van der Waals surface area contributed by atoms with E-state index in [0.29, 0.717) is 16.7 Å². The van der Waals surface area contributed by atoms with Crippen molar-refractivity contribution in [3.05, 3.63) is 63.6 Å². The van der Waals surface area contributed by atoms with Gasteiger partial charge in [-0.25, -0.2) is 0 Å². The molecule has 7 heteroatoms. The van der Waals surface area contributed by atoms with Gasteiger partial charge in [0.2, 0.25) is 0 Å². The molecule has 1 fully saturated rings. The fourth-order valence-electron chi connectivity index (χ4n) is 2.78. The number of rotatable bonds is 7. The topological polar surface area (TPSA) is 33.7 Å². The summed E-state index contributed by atoms with van der Waals surface area (Å²) in [6.45, 7) is 5.70. The molecule has 3 rings (SSSR count). The zero-order valence-corrected chi connectivity index (χ0v) is 17.2. The number of hydrogen-bond donors (Lipinski definition) is 1. The molecule has 1 heterocycles. The maximum absolute atomic E-state index is 6.19. The van der Waals surface area contributed by atoms with Gasteiger partial charge in [-0.2, -0.15) is 0 Å². The van der Waals surface area contributed by atoms with E-state index in [9.17, 15) is 0 Å². The summed E-state index contributed by atoms with van der Waals surface area (Å²) >= 11 is 17.6. The number of nitrogens with zero attached hydrogens (tertiary/aromatic N) is 1. The summed E-state index contributed by atoms with van der Waals surface area (Å²) in [5, 5.41) is 4.53. The van der Waals surface area contributed by atoms with Crippen molar-refractivity contribution in [2.24, 2.45) is 0 Å². The molecular weight excluding hydrogens is 403 g/mol. The fraction of sp³-hybridized carbons (Fsp3) is 0.350. The third kappa shape index (κ3) is 6.33. The van der Waals surface area contributed by atoms with Crippen molar-refractivity contribution >= 4 is 40.4 Å². The molecule has 0 aromatic heterocycles. The molecule has 27 heavy (non-hydrogen) atoms. The Kier molecular flexibility index (Phi) is 7.73. The first-order valence-electron chi connectivity index (χ1n) is 8.87. The highest BCUT2D eigenvalue weighted by Crippen LogP contribution is 2.23. The number of benzene rings is 2. The summed E-state index contributed by atoms with van der Waals surface area (Å²) in [6.07, 6.45) is 0. The Bertz CT molecular complexity index is 782. The first kappa shape index (κ1) is 20.4. The normalized spacial score (nSPS) is 14.7. The largest absolute Gasteiger partial charge is 0.489 e. The van der Waals surface area contributed by atoms with E-state index in [2.05, 4.69) is 10.2 Å². The Hall–Kier alpha value is -1.37. The van der Waals surface area contributed by atoms with Crippen molar-refractivity contribution in [1.82, 2.24) is 10.2 Å². The number of hydrogen-bond acceptors (Lipinski definition) is 4. The standard InChI is InChI=1S/C20H22Cl2N2O2S/c21-17-5-4-16(19(22)13-17)14-26-18-3-1-2-15(12-18)20(27)23-6-7-24-8-10-25-11-9-24/h1-5,12-13H,6-11,14H2,(H,23,27). The molecule has 0 unspecified atom stereocenters. The fourth-order valence-corrected chi connectivity index (χ4v) is 3.47. The van der Waals surface area contributed by atoms with Crippen molar-refractivity contribution in [3.8, 4) is 5.75 Å². The quantitative estimate of drug-likeness (QED) is 0.674. The van der Waals surface area contributed by atoms with Crippen molar-refractivity contribution in [2.45, 2.75) is 6.61 Å². The molecule has 0 aliphatic carbocycles. The summed E-state index contributed by atoms with van der Waals surface area (Å²) < 4.78 is 11.2. The van der Waals surface area contributed by atoms with Crippen LogP contribution in [0.5, 0.6) is 5.75 Å². The van der Waals surface area contributed by atoms with Crippen LogP contribution in [0.1, 0.15) is 11.1 Å². The lowest BCUT2D eigenvalue weighted by molar-refractivity contribution is 0.0389. The highest BCUT2D eigenvalue weighted by Gasteiger charge is 2.10. The average Bonchev–Trinajstić information content (AvgIpc) is 2.68. The van der Waals surface area contributed by atoms with E-state index in [0.717, 1.165) is 61.3 Å². The molecular formula is C20H22Cl2N2O2S. The highest BCUT2D eigenvalue weighted by atomic mass is 35.5. The van der Waals surface area contributed by atoms with E-state index < -0.39 is 0 Å². The van der Waals surface area contributed by atoms with Crippen LogP contribution in [0.2, 0.25) is 10.0 Å². The maximum Gasteiger partial charge on any atom is 0.120 e. The van der Waals surface area contributed by atoms with Crippen LogP contribution in [-0.2, 0) is 11.3 Å². The van der Waals surface area contributed by atoms with E-state index in [1.54, 1.807) is 12.1 Å². The van der Waals surface area contributed by atoms with Crippen molar-refractivity contribution in [3.63, 3.8) is 0 Å². The van der Waals surface area contributed by atoms with Crippen LogP contribution in [0, 0.1) is 0 Å². The van der Waals surface area contributed by atoms with Crippen molar-refractivity contribution in [1.29, 1.82) is 0 Å². The Labute approximate surface area is 175 Å². The summed E-state index contributed by atoms with van der Waals surface area (Å²) in [5.74, 6) is 0.746. The summed E-state index contributed by atoms with van der Waals surface area (Å²) in [4.78, 5) is 3.09. The van der Waals surface area contributed by atoms with Gasteiger partial charge in [0.1, 0.15) is 17.3 Å². The third-order valence-corrected chi connectivity index (χ3v) is 5.29. The average molecular weight is 425 g/mol. The molecule has 1 aliphatic rings. The minimum Gasteiger partial charge on any atom is -0.489 e. The number of ether oxygens (including phenoxy) is 2. The van der Waals surface area contributed by atoms with E-state index in [1.807, 2.05) is 30.3 Å². The van der Waals surface area contributed by atoms with Gasteiger partial charge in [0.25, 0.3) is 0 Å². The van der Waals surface area contributed by atoms with E-state index >= 15 is 0 Å². The monoisotopic (exact) mass is 424 g/mol. The number of nitrogens with one attached hydrogen (secondary N) is 1. The van der Waals surface area contributed by atoms with Crippen LogP contribution in [0.15, 0.2) is 42.5 Å². The predicted octanol–water partition coefficient (Wildman–Crippen LogP) is 4.17. The van der Waals surface area contributed by atoms with E-state index in [4.69, 9.17) is 44.9 Å². The van der Waals surface area contributed by atoms with Crippen LogP contribution >= 0.6 is 35.4 Å². The van der Waals surface area contributed by atoms with Gasteiger partial charge in [-0.3, -0.25) is 4.90 Å². The maximum atomic E-state index is 6.19. The summed E-state index contributed by atoms with van der Waals surface area (Å²) in [5.41, 5.74) is 1.82. The SMILES string of the molecule is S=C(NCCN1CCOCC1)c1cccc(OCc2ccc(Cl)cc2Cl)c1. The molecule has 144 valence electrons. The molecule has 1 saturated heterocycles. The lowest BCUT2D eigenvalue weighted by Gasteiger charge is -2.26. The number of halogens is 2. The second-order valence-corrected chi connectivity index (χ2v) is 7.51. The van der Waals surface area contributed by atoms with Gasteiger partial charge >= 0.3 is 0 Å². The minimum atomic E-state index is 0.372. The second-order valence-electron chi connectivity index (χ2n) is 6.26.